The molecule has 4 heteroatoms. The van der Waals surface area contributed by atoms with Crippen molar-refractivity contribution in [3.05, 3.63) is 41.5 Å². The van der Waals surface area contributed by atoms with Crippen LogP contribution >= 0.6 is 11.3 Å². The number of carboxylic acid groups (broad SMARTS) is 1. The smallest absolute Gasteiger partial charge is 0.337 e. The summed E-state index contributed by atoms with van der Waals surface area (Å²) in [5.41, 5.74) is 0.970. The number of carboxylic acids is 1. The number of rotatable bonds is 2. The van der Waals surface area contributed by atoms with Gasteiger partial charge in [0.2, 0.25) is 0 Å². The minimum atomic E-state index is -0.943. The third kappa shape index (κ3) is 1.52. The van der Waals surface area contributed by atoms with Crippen molar-refractivity contribution in [2.45, 2.75) is 0 Å². The molecule has 0 unspecified atom stereocenters. The molecule has 2 aromatic heterocycles. The summed E-state index contributed by atoms with van der Waals surface area (Å²) in [4.78, 5) is 15.6. The van der Waals surface area contributed by atoms with Crippen molar-refractivity contribution in [2.24, 2.45) is 0 Å². The van der Waals surface area contributed by atoms with Crippen LogP contribution in [0.25, 0.3) is 10.4 Å². The number of carbonyl (C=O) groups is 1. The summed E-state index contributed by atoms with van der Waals surface area (Å²) >= 11 is 1.52. The first kappa shape index (κ1) is 8.90. The topological polar surface area (TPSA) is 50.2 Å². The second-order valence-electron chi connectivity index (χ2n) is 2.70. The Balaban J connectivity index is 2.58. The molecule has 0 aliphatic carbocycles. The summed E-state index contributed by atoms with van der Waals surface area (Å²) in [6.45, 7) is 0. The third-order valence-electron chi connectivity index (χ3n) is 1.84. The second kappa shape index (κ2) is 3.59. The van der Waals surface area contributed by atoms with Gasteiger partial charge >= 0.3 is 5.97 Å². The van der Waals surface area contributed by atoms with Crippen LogP contribution in [0.3, 0.4) is 0 Å². The van der Waals surface area contributed by atoms with E-state index in [9.17, 15) is 4.79 Å². The van der Waals surface area contributed by atoms with Crippen molar-refractivity contribution in [2.75, 3.05) is 0 Å². The van der Waals surface area contributed by atoms with Crippen molar-refractivity contribution in [1.82, 2.24) is 4.98 Å². The fourth-order valence-electron chi connectivity index (χ4n) is 1.21. The maximum absolute atomic E-state index is 10.9. The van der Waals surface area contributed by atoms with E-state index in [4.69, 9.17) is 5.11 Å². The summed E-state index contributed by atoms with van der Waals surface area (Å²) in [6.07, 6.45) is 2.97. The highest BCUT2D eigenvalue weighted by Crippen LogP contribution is 2.27. The predicted molar refractivity (Wildman–Crippen MR) is 54.5 cm³/mol. The highest BCUT2D eigenvalue weighted by Gasteiger charge is 2.11. The molecule has 0 aromatic carbocycles. The van der Waals surface area contributed by atoms with Gasteiger partial charge in [-0.2, -0.15) is 0 Å². The second-order valence-corrected chi connectivity index (χ2v) is 3.65. The van der Waals surface area contributed by atoms with Crippen LogP contribution in [0.2, 0.25) is 0 Å². The molecule has 0 atom stereocenters. The molecule has 2 aromatic rings. The van der Waals surface area contributed by atoms with Crippen molar-refractivity contribution in [3.63, 3.8) is 0 Å². The Morgan fingerprint density at radius 1 is 1.43 bits per heavy atom. The Hall–Kier alpha value is -1.68. The highest BCUT2D eigenvalue weighted by molar-refractivity contribution is 7.13. The van der Waals surface area contributed by atoms with E-state index in [0.717, 1.165) is 10.4 Å². The van der Waals surface area contributed by atoms with Gasteiger partial charge < -0.3 is 5.11 Å². The minimum Gasteiger partial charge on any atom is -0.478 e. The monoisotopic (exact) mass is 205 g/mol. The van der Waals surface area contributed by atoms with Crippen molar-refractivity contribution in [3.8, 4) is 10.4 Å². The first-order valence-corrected chi connectivity index (χ1v) is 4.88. The number of hydrogen-bond acceptors (Lipinski definition) is 3. The zero-order valence-corrected chi connectivity index (χ0v) is 7.99. The van der Waals surface area contributed by atoms with Crippen LogP contribution in [0.5, 0.6) is 0 Å². The van der Waals surface area contributed by atoms with Gasteiger partial charge in [-0.05, 0) is 17.5 Å². The molecule has 0 aliphatic rings. The van der Waals surface area contributed by atoms with Gasteiger partial charge in [0.05, 0.1) is 5.56 Å². The van der Waals surface area contributed by atoms with Crippen LogP contribution in [-0.4, -0.2) is 16.1 Å². The Morgan fingerprint density at radius 2 is 2.29 bits per heavy atom. The molecule has 14 heavy (non-hydrogen) atoms. The summed E-state index contributed by atoms with van der Waals surface area (Å²) in [6, 6.07) is 5.51. The quantitative estimate of drug-likeness (QED) is 0.819. The molecule has 2 rings (SSSR count). The van der Waals surface area contributed by atoms with Gasteiger partial charge in [-0.1, -0.05) is 6.07 Å². The fraction of sp³-hybridized carbons (Fsp3) is 0. The Kier molecular flexibility index (Phi) is 2.28. The van der Waals surface area contributed by atoms with E-state index in [0.29, 0.717) is 0 Å². The lowest BCUT2D eigenvalue weighted by Gasteiger charge is -2.01. The Morgan fingerprint density at radius 3 is 2.93 bits per heavy atom. The molecule has 0 saturated carbocycles. The minimum absolute atomic E-state index is 0.245. The average Bonchev–Trinajstić information content (AvgIpc) is 2.70. The van der Waals surface area contributed by atoms with Crippen molar-refractivity contribution in [1.29, 1.82) is 0 Å². The number of aromatic nitrogens is 1. The highest BCUT2D eigenvalue weighted by atomic mass is 32.1. The van der Waals surface area contributed by atoms with E-state index in [2.05, 4.69) is 4.98 Å². The number of hydrogen-bond donors (Lipinski definition) is 1. The normalized spacial score (nSPS) is 10.0. The lowest BCUT2D eigenvalue weighted by molar-refractivity contribution is 0.0697. The van der Waals surface area contributed by atoms with E-state index >= 15 is 0 Å². The number of aromatic carboxylic acids is 1. The van der Waals surface area contributed by atoms with Crippen LogP contribution in [-0.2, 0) is 0 Å². The number of thiophene rings is 1. The van der Waals surface area contributed by atoms with E-state index < -0.39 is 5.97 Å². The van der Waals surface area contributed by atoms with Gasteiger partial charge in [0.1, 0.15) is 0 Å². The molecule has 0 saturated heterocycles. The lowest BCUT2D eigenvalue weighted by atomic mass is 10.1. The first-order chi connectivity index (χ1) is 6.79. The molecule has 0 bridgehead atoms. The SMILES string of the molecule is O=C(O)c1cnccc1-c1cccs1. The zero-order valence-electron chi connectivity index (χ0n) is 7.18. The van der Waals surface area contributed by atoms with Gasteiger partial charge in [-0.15, -0.1) is 11.3 Å². The molecule has 2 heterocycles. The van der Waals surface area contributed by atoms with Crippen LogP contribution in [0, 0.1) is 0 Å². The molecular weight excluding hydrogens is 198 g/mol. The van der Waals surface area contributed by atoms with Gasteiger partial charge in [-0.25, -0.2) is 4.79 Å². The molecule has 70 valence electrons. The summed E-state index contributed by atoms with van der Waals surface area (Å²) in [5, 5.41) is 10.8. The third-order valence-corrected chi connectivity index (χ3v) is 2.74. The summed E-state index contributed by atoms with van der Waals surface area (Å²) in [7, 11) is 0. The zero-order chi connectivity index (χ0) is 9.97. The lowest BCUT2D eigenvalue weighted by Crippen LogP contribution is -1.99. The van der Waals surface area contributed by atoms with Gasteiger partial charge in [0.25, 0.3) is 0 Å². The van der Waals surface area contributed by atoms with Crippen molar-refractivity contribution >= 4 is 17.3 Å². The molecule has 0 spiro atoms. The molecule has 0 aliphatic heterocycles. The molecule has 3 nitrogen and oxygen atoms in total. The average molecular weight is 205 g/mol. The van der Waals surface area contributed by atoms with E-state index in [1.165, 1.54) is 17.5 Å². The standard InChI is InChI=1S/C10H7NO2S/c12-10(13)8-6-11-4-3-7(8)9-2-1-5-14-9/h1-6H,(H,12,13). The maximum atomic E-state index is 10.9. The summed E-state index contributed by atoms with van der Waals surface area (Å²) < 4.78 is 0. The summed E-state index contributed by atoms with van der Waals surface area (Å²) in [5.74, 6) is -0.943. The van der Waals surface area contributed by atoms with Crippen LogP contribution in [0.1, 0.15) is 10.4 Å². The van der Waals surface area contributed by atoms with E-state index in [1.807, 2.05) is 17.5 Å². The van der Waals surface area contributed by atoms with Gasteiger partial charge in [-0.3, -0.25) is 4.98 Å². The Bertz CT molecular complexity index is 451. The molecule has 0 radical (unpaired) electrons. The first-order valence-electron chi connectivity index (χ1n) is 4.00. The van der Waals surface area contributed by atoms with Gasteiger partial charge in [0, 0.05) is 22.8 Å². The van der Waals surface area contributed by atoms with E-state index in [1.54, 1.807) is 12.3 Å². The van der Waals surface area contributed by atoms with Crippen LogP contribution < -0.4 is 0 Å². The molecule has 0 amide bonds. The Labute approximate surface area is 84.7 Å². The largest absolute Gasteiger partial charge is 0.478 e. The predicted octanol–water partition coefficient (Wildman–Crippen LogP) is 2.51. The number of nitrogens with zero attached hydrogens (tertiary/aromatic N) is 1. The number of pyridine rings is 1. The van der Waals surface area contributed by atoms with E-state index in [-0.39, 0.29) is 5.56 Å². The van der Waals surface area contributed by atoms with Gasteiger partial charge in [0.15, 0.2) is 0 Å². The van der Waals surface area contributed by atoms with Crippen LogP contribution in [0.4, 0.5) is 0 Å². The molecule has 0 fully saturated rings. The maximum Gasteiger partial charge on any atom is 0.337 e. The molecule has 1 N–H and O–H groups in total. The fourth-order valence-corrected chi connectivity index (χ4v) is 1.98. The van der Waals surface area contributed by atoms with Crippen molar-refractivity contribution < 1.29 is 9.90 Å². The van der Waals surface area contributed by atoms with Crippen LogP contribution in [0.15, 0.2) is 36.0 Å². The molecular formula is C10H7NO2S.